The van der Waals surface area contributed by atoms with Gasteiger partial charge in [-0.25, -0.2) is 5.01 Å². The summed E-state index contributed by atoms with van der Waals surface area (Å²) in [6.07, 6.45) is 0.737. The average molecular weight is 377 g/mol. The van der Waals surface area contributed by atoms with E-state index in [0.29, 0.717) is 19.8 Å². The van der Waals surface area contributed by atoms with Gasteiger partial charge in [-0.2, -0.15) is 5.10 Å². The maximum Gasteiger partial charge on any atom is 0.257 e. The van der Waals surface area contributed by atoms with E-state index in [4.69, 9.17) is 9.84 Å². The minimum Gasteiger partial charge on any atom is -0.379 e. The minimum absolute atomic E-state index is 0.0505. The first-order valence-corrected chi connectivity index (χ1v) is 9.93. The first-order valence-electron chi connectivity index (χ1n) is 9.93. The lowest BCUT2D eigenvalue weighted by molar-refractivity contribution is -0.135. The number of ether oxygens (including phenoxy) is 1. The number of morpholine rings is 1. The van der Waals surface area contributed by atoms with Crippen molar-refractivity contribution in [1.29, 1.82) is 0 Å². The Kier molecular flexibility index (Phi) is 5.55. The average Bonchev–Trinajstić information content (AvgIpc) is 3.15. The van der Waals surface area contributed by atoms with Gasteiger partial charge in [-0.3, -0.25) is 9.69 Å². The number of rotatable bonds is 4. The molecule has 0 radical (unpaired) electrons. The van der Waals surface area contributed by atoms with Gasteiger partial charge in [0.2, 0.25) is 0 Å². The summed E-state index contributed by atoms with van der Waals surface area (Å²) in [6, 6.07) is 16.8. The Morgan fingerprint density at radius 2 is 1.61 bits per heavy atom. The number of carbonyl (C=O) groups excluding carboxylic acids is 1. The molecule has 1 amide bonds. The summed E-state index contributed by atoms with van der Waals surface area (Å²) in [4.78, 5) is 15.3. The lowest BCUT2D eigenvalue weighted by atomic mass is 9.97. The summed E-state index contributed by atoms with van der Waals surface area (Å²) in [6.45, 7) is 7.50. The second kappa shape index (κ2) is 8.25. The quantitative estimate of drug-likeness (QED) is 0.821. The van der Waals surface area contributed by atoms with Crippen LogP contribution in [0.5, 0.6) is 0 Å². The normalized spacial score (nSPS) is 20.3. The van der Waals surface area contributed by atoms with E-state index in [-0.39, 0.29) is 11.9 Å². The van der Waals surface area contributed by atoms with E-state index in [0.717, 1.165) is 36.3 Å². The highest BCUT2D eigenvalue weighted by atomic mass is 16.5. The molecule has 0 bridgehead atoms. The van der Waals surface area contributed by atoms with Crippen LogP contribution in [0.4, 0.5) is 0 Å². The van der Waals surface area contributed by atoms with Crippen LogP contribution in [0.15, 0.2) is 53.6 Å². The zero-order chi connectivity index (χ0) is 19.5. The van der Waals surface area contributed by atoms with Crippen LogP contribution in [0, 0.1) is 13.8 Å². The largest absolute Gasteiger partial charge is 0.379 e. The number of hydrogen-bond donors (Lipinski definition) is 0. The molecule has 0 aliphatic carbocycles. The van der Waals surface area contributed by atoms with Gasteiger partial charge >= 0.3 is 0 Å². The summed E-state index contributed by atoms with van der Waals surface area (Å²) in [5.74, 6) is 0.0505. The third-order valence-corrected chi connectivity index (χ3v) is 5.48. The van der Waals surface area contributed by atoms with Crippen LogP contribution < -0.4 is 0 Å². The van der Waals surface area contributed by atoms with Crippen molar-refractivity contribution in [3.63, 3.8) is 0 Å². The summed E-state index contributed by atoms with van der Waals surface area (Å²) in [7, 11) is 0. The van der Waals surface area contributed by atoms with E-state index in [1.165, 1.54) is 11.1 Å². The van der Waals surface area contributed by atoms with Crippen molar-refractivity contribution in [3.05, 3.63) is 70.8 Å². The molecule has 1 fully saturated rings. The number of aryl methyl sites for hydroxylation is 2. The van der Waals surface area contributed by atoms with Crippen molar-refractivity contribution in [3.8, 4) is 0 Å². The Morgan fingerprint density at radius 3 is 2.25 bits per heavy atom. The fourth-order valence-corrected chi connectivity index (χ4v) is 3.73. The Bertz CT molecular complexity index is 852. The summed E-state index contributed by atoms with van der Waals surface area (Å²) < 4.78 is 5.40. The first-order chi connectivity index (χ1) is 13.6. The van der Waals surface area contributed by atoms with Crippen LogP contribution in [0.2, 0.25) is 0 Å². The number of nitrogens with zero attached hydrogens (tertiary/aromatic N) is 3. The molecular formula is C23H27N3O2. The van der Waals surface area contributed by atoms with Crippen LogP contribution in [-0.2, 0) is 9.53 Å². The zero-order valence-electron chi connectivity index (χ0n) is 16.6. The van der Waals surface area contributed by atoms with Gasteiger partial charge in [0.25, 0.3) is 5.91 Å². The zero-order valence-corrected chi connectivity index (χ0v) is 16.6. The first kappa shape index (κ1) is 18.8. The maximum atomic E-state index is 13.1. The van der Waals surface area contributed by atoms with Gasteiger partial charge in [0.05, 0.1) is 31.5 Å². The van der Waals surface area contributed by atoms with Crippen LogP contribution in [0.25, 0.3) is 0 Å². The number of carbonyl (C=O) groups is 1. The molecule has 2 aliphatic heterocycles. The van der Waals surface area contributed by atoms with E-state index in [2.05, 4.69) is 67.3 Å². The molecule has 5 heteroatoms. The SMILES string of the molecule is Cc1ccc(C2=NN(C(=O)CN3CCOCC3)C(c3ccc(C)cc3)C2)cc1. The Morgan fingerprint density at radius 1 is 1.00 bits per heavy atom. The predicted octanol–water partition coefficient (Wildman–Crippen LogP) is 3.31. The molecular weight excluding hydrogens is 350 g/mol. The minimum atomic E-state index is -0.0505. The van der Waals surface area contributed by atoms with Gasteiger partial charge in [-0.1, -0.05) is 59.7 Å². The lowest BCUT2D eigenvalue weighted by Crippen LogP contribution is -2.43. The molecule has 28 heavy (non-hydrogen) atoms. The predicted molar refractivity (Wildman–Crippen MR) is 110 cm³/mol. The van der Waals surface area contributed by atoms with Crippen LogP contribution in [-0.4, -0.2) is 54.4 Å². The van der Waals surface area contributed by atoms with Gasteiger partial charge in [-0.05, 0) is 25.0 Å². The van der Waals surface area contributed by atoms with Crippen LogP contribution >= 0.6 is 0 Å². The summed E-state index contributed by atoms with van der Waals surface area (Å²) >= 11 is 0. The number of hydrogen-bond acceptors (Lipinski definition) is 4. The fourth-order valence-electron chi connectivity index (χ4n) is 3.73. The van der Waals surface area contributed by atoms with Crippen molar-refractivity contribution >= 4 is 11.6 Å². The molecule has 2 aliphatic rings. The summed E-state index contributed by atoms with van der Waals surface area (Å²) in [5, 5.41) is 6.48. The van der Waals surface area contributed by atoms with E-state index >= 15 is 0 Å². The second-order valence-electron chi connectivity index (χ2n) is 7.67. The third-order valence-electron chi connectivity index (χ3n) is 5.48. The van der Waals surface area contributed by atoms with Crippen LogP contribution in [0.3, 0.4) is 0 Å². The maximum absolute atomic E-state index is 13.1. The van der Waals surface area contributed by atoms with Crippen molar-refractivity contribution in [2.24, 2.45) is 5.10 Å². The molecule has 1 atom stereocenters. The third kappa shape index (κ3) is 4.16. The van der Waals surface area contributed by atoms with Gasteiger partial charge in [-0.15, -0.1) is 0 Å². The standard InChI is InChI=1S/C23H27N3O2/c1-17-3-7-19(8-4-17)21-15-22(20-9-5-18(2)6-10-20)26(24-21)23(27)16-25-11-13-28-14-12-25/h3-10,22H,11-16H2,1-2H3. The highest BCUT2D eigenvalue weighted by molar-refractivity contribution is 6.03. The van der Waals surface area contributed by atoms with Gasteiger partial charge in [0.15, 0.2) is 0 Å². The number of hydrazone groups is 1. The Hall–Kier alpha value is -2.50. The van der Waals surface area contributed by atoms with Gasteiger partial charge in [0, 0.05) is 19.5 Å². The number of benzene rings is 2. The Labute approximate surface area is 166 Å². The Balaban J connectivity index is 1.59. The highest BCUT2D eigenvalue weighted by Gasteiger charge is 2.33. The molecule has 4 rings (SSSR count). The van der Waals surface area contributed by atoms with Gasteiger partial charge in [0.1, 0.15) is 0 Å². The lowest BCUT2D eigenvalue weighted by Gasteiger charge is -2.29. The van der Waals surface area contributed by atoms with Gasteiger partial charge < -0.3 is 4.74 Å². The number of amides is 1. The topological polar surface area (TPSA) is 45.1 Å². The smallest absolute Gasteiger partial charge is 0.257 e. The molecule has 0 spiro atoms. The second-order valence-corrected chi connectivity index (χ2v) is 7.67. The molecule has 0 saturated carbocycles. The van der Waals surface area contributed by atoms with E-state index in [9.17, 15) is 4.79 Å². The molecule has 2 aromatic carbocycles. The molecule has 2 heterocycles. The highest BCUT2D eigenvalue weighted by Crippen LogP contribution is 2.33. The molecule has 0 aromatic heterocycles. The van der Waals surface area contributed by atoms with Crippen molar-refractivity contribution in [1.82, 2.24) is 9.91 Å². The molecule has 2 aromatic rings. The van der Waals surface area contributed by atoms with E-state index in [1.54, 1.807) is 5.01 Å². The van der Waals surface area contributed by atoms with E-state index in [1.807, 2.05) is 0 Å². The van der Waals surface area contributed by atoms with E-state index < -0.39 is 0 Å². The van der Waals surface area contributed by atoms with Crippen molar-refractivity contribution in [2.45, 2.75) is 26.3 Å². The molecule has 5 nitrogen and oxygen atoms in total. The van der Waals surface area contributed by atoms with Crippen molar-refractivity contribution in [2.75, 3.05) is 32.8 Å². The summed E-state index contributed by atoms with van der Waals surface area (Å²) in [5.41, 5.74) is 5.63. The monoisotopic (exact) mass is 377 g/mol. The molecule has 1 saturated heterocycles. The molecule has 0 N–H and O–H groups in total. The fraction of sp³-hybridized carbons (Fsp3) is 0.391. The van der Waals surface area contributed by atoms with Crippen LogP contribution in [0.1, 0.15) is 34.7 Å². The molecule has 1 unspecified atom stereocenters. The van der Waals surface area contributed by atoms with Crippen molar-refractivity contribution < 1.29 is 9.53 Å². The molecule has 146 valence electrons.